The van der Waals surface area contributed by atoms with E-state index >= 15 is 0 Å². The molecule has 0 aromatic carbocycles. The van der Waals surface area contributed by atoms with E-state index in [1.54, 1.807) is 24.5 Å². The number of rotatable bonds is 3. The molecule has 0 bridgehead atoms. The summed E-state index contributed by atoms with van der Waals surface area (Å²) in [5.41, 5.74) is 0.344. The predicted octanol–water partition coefficient (Wildman–Crippen LogP) is 1.83. The van der Waals surface area contributed by atoms with Gasteiger partial charge in [-0.25, -0.2) is 4.39 Å². The fourth-order valence-electron chi connectivity index (χ4n) is 1.18. The first kappa shape index (κ1) is 9.85. The molecule has 0 aliphatic heterocycles. The minimum absolute atomic E-state index is 0.275. The average Bonchev–Trinajstić information content (AvgIpc) is 2.69. The van der Waals surface area contributed by atoms with Gasteiger partial charge in [-0.05, 0) is 12.1 Å². The van der Waals surface area contributed by atoms with Crippen LogP contribution in [0.3, 0.4) is 0 Å². The van der Waals surface area contributed by atoms with Crippen LogP contribution in [-0.2, 0) is 19.0 Å². The van der Waals surface area contributed by atoms with Crippen molar-refractivity contribution in [3.8, 4) is 0 Å². The maximum atomic E-state index is 13.2. The van der Waals surface area contributed by atoms with Gasteiger partial charge in [0.25, 0.3) is 0 Å². The van der Waals surface area contributed by atoms with Crippen molar-refractivity contribution in [3.63, 3.8) is 0 Å². The van der Waals surface area contributed by atoms with Crippen LogP contribution in [0.2, 0.25) is 0 Å². The molecule has 0 N–H and O–H groups in total. The van der Waals surface area contributed by atoms with Gasteiger partial charge in [-0.2, -0.15) is 9.46 Å². The Morgan fingerprint density at radius 1 is 1.47 bits per heavy atom. The maximum absolute atomic E-state index is 13.2. The normalized spacial score (nSPS) is 10.2. The summed E-state index contributed by atoms with van der Waals surface area (Å²) >= 11 is 4.48. The molecule has 0 saturated heterocycles. The molecule has 0 aliphatic rings. The largest absolute Gasteiger partial charge is 0.264 e. The van der Waals surface area contributed by atoms with Crippen molar-refractivity contribution in [2.24, 2.45) is 4.36 Å². The van der Waals surface area contributed by atoms with Crippen molar-refractivity contribution in [2.75, 3.05) is 0 Å². The van der Waals surface area contributed by atoms with E-state index < -0.39 is 0 Å². The zero-order valence-electron chi connectivity index (χ0n) is 7.67. The smallest absolute Gasteiger partial charge is 0.187 e. The molecule has 0 radical (unpaired) electrons. The SMILES string of the molecule is Fc1cccnc1Cn1ccc(N=S)n1. The molecule has 15 heavy (non-hydrogen) atoms. The van der Waals surface area contributed by atoms with Crippen LogP contribution in [0.1, 0.15) is 5.69 Å². The Kier molecular flexibility index (Phi) is 2.77. The van der Waals surface area contributed by atoms with E-state index in [0.29, 0.717) is 11.5 Å². The Hall–Kier alpha value is -1.69. The monoisotopic (exact) mass is 222 g/mol. The second kappa shape index (κ2) is 4.22. The molecule has 2 aromatic heterocycles. The summed E-state index contributed by atoms with van der Waals surface area (Å²) < 4.78 is 18.2. The molecule has 4 nitrogen and oxygen atoms in total. The van der Waals surface area contributed by atoms with Crippen LogP contribution in [0.25, 0.3) is 0 Å². The van der Waals surface area contributed by atoms with Crippen LogP contribution in [-0.4, -0.2) is 14.8 Å². The highest BCUT2D eigenvalue weighted by Crippen LogP contribution is 2.09. The Morgan fingerprint density at radius 2 is 2.33 bits per heavy atom. The molecule has 0 fully saturated rings. The van der Waals surface area contributed by atoms with Crippen LogP contribution in [0.5, 0.6) is 0 Å². The molecule has 0 unspecified atom stereocenters. The predicted molar refractivity (Wildman–Crippen MR) is 55.0 cm³/mol. The Morgan fingerprint density at radius 3 is 3.00 bits per heavy atom. The van der Waals surface area contributed by atoms with Gasteiger partial charge >= 0.3 is 0 Å². The molecular weight excluding hydrogens is 215 g/mol. The van der Waals surface area contributed by atoms with Gasteiger partial charge < -0.3 is 0 Å². The fourth-order valence-corrected chi connectivity index (χ4v) is 1.27. The number of aromatic nitrogens is 3. The van der Waals surface area contributed by atoms with Crippen molar-refractivity contribution in [3.05, 3.63) is 42.1 Å². The van der Waals surface area contributed by atoms with Crippen molar-refractivity contribution < 1.29 is 4.39 Å². The molecule has 0 spiro atoms. The molecule has 0 saturated carbocycles. The van der Waals surface area contributed by atoms with Crippen molar-refractivity contribution >= 4 is 18.2 Å². The molecule has 0 amide bonds. The summed E-state index contributed by atoms with van der Waals surface area (Å²) in [6.45, 7) is 0.275. The first-order valence-corrected chi connectivity index (χ1v) is 4.62. The van der Waals surface area contributed by atoms with E-state index in [0.717, 1.165) is 0 Å². The summed E-state index contributed by atoms with van der Waals surface area (Å²) in [6, 6.07) is 4.57. The molecule has 6 heteroatoms. The van der Waals surface area contributed by atoms with Crippen LogP contribution >= 0.6 is 0 Å². The lowest BCUT2D eigenvalue weighted by molar-refractivity contribution is 0.571. The summed E-state index contributed by atoms with van der Waals surface area (Å²) in [6.07, 6.45) is 3.22. The molecule has 0 atom stereocenters. The molecular formula is C9H7FN4S. The second-order valence-electron chi connectivity index (χ2n) is 2.89. The molecule has 2 heterocycles. The molecule has 2 rings (SSSR count). The van der Waals surface area contributed by atoms with E-state index in [2.05, 4.69) is 26.9 Å². The summed E-state index contributed by atoms with van der Waals surface area (Å²) in [5, 5.41) is 4.00. The third kappa shape index (κ3) is 2.21. The summed E-state index contributed by atoms with van der Waals surface area (Å²) in [4.78, 5) is 3.92. The fraction of sp³-hybridized carbons (Fsp3) is 0.111. The summed E-state index contributed by atoms with van der Waals surface area (Å²) in [5.74, 6) is 0.103. The van der Waals surface area contributed by atoms with Gasteiger partial charge in [0.15, 0.2) is 5.82 Å². The van der Waals surface area contributed by atoms with Gasteiger partial charge in [-0.1, -0.05) is 0 Å². The third-order valence-electron chi connectivity index (χ3n) is 1.87. The lowest BCUT2D eigenvalue weighted by atomic mass is 10.3. The lowest BCUT2D eigenvalue weighted by Gasteiger charge is -2.01. The number of pyridine rings is 1. The van der Waals surface area contributed by atoms with Gasteiger partial charge in [0.05, 0.1) is 12.2 Å². The minimum atomic E-state index is -0.343. The van der Waals surface area contributed by atoms with E-state index in [9.17, 15) is 4.39 Å². The van der Waals surface area contributed by atoms with Gasteiger partial charge in [0, 0.05) is 30.9 Å². The van der Waals surface area contributed by atoms with E-state index in [4.69, 9.17) is 0 Å². The number of hydrogen-bond donors (Lipinski definition) is 0. The Bertz CT molecular complexity index is 482. The van der Waals surface area contributed by atoms with Crippen LogP contribution in [0.15, 0.2) is 35.0 Å². The average molecular weight is 222 g/mol. The molecule has 0 aliphatic carbocycles. The summed E-state index contributed by atoms with van der Waals surface area (Å²) in [7, 11) is 0. The zero-order valence-corrected chi connectivity index (χ0v) is 8.49. The maximum Gasteiger partial charge on any atom is 0.187 e. The molecule has 76 valence electrons. The van der Waals surface area contributed by atoms with Gasteiger partial charge in [-0.3, -0.25) is 9.67 Å². The third-order valence-corrected chi connectivity index (χ3v) is 2.05. The minimum Gasteiger partial charge on any atom is -0.264 e. The van der Waals surface area contributed by atoms with Crippen LogP contribution in [0, 0.1) is 5.82 Å². The van der Waals surface area contributed by atoms with Crippen LogP contribution in [0.4, 0.5) is 10.2 Å². The van der Waals surface area contributed by atoms with Crippen LogP contribution < -0.4 is 0 Å². The van der Waals surface area contributed by atoms with Crippen molar-refractivity contribution in [1.82, 2.24) is 14.8 Å². The highest BCUT2D eigenvalue weighted by atomic mass is 32.1. The van der Waals surface area contributed by atoms with Gasteiger partial charge in [-0.15, -0.1) is 0 Å². The van der Waals surface area contributed by atoms with E-state index in [1.165, 1.54) is 10.7 Å². The second-order valence-corrected chi connectivity index (χ2v) is 3.08. The number of nitrogens with zero attached hydrogens (tertiary/aromatic N) is 4. The quantitative estimate of drug-likeness (QED) is 0.795. The lowest BCUT2D eigenvalue weighted by Crippen LogP contribution is -2.04. The Balaban J connectivity index is 2.22. The first-order valence-electron chi connectivity index (χ1n) is 4.26. The van der Waals surface area contributed by atoms with E-state index in [1.807, 2.05) is 0 Å². The van der Waals surface area contributed by atoms with E-state index in [-0.39, 0.29) is 12.4 Å². The van der Waals surface area contributed by atoms with Crippen molar-refractivity contribution in [1.29, 1.82) is 0 Å². The first-order chi connectivity index (χ1) is 7.29. The van der Waals surface area contributed by atoms with Gasteiger partial charge in [0.2, 0.25) is 0 Å². The zero-order chi connectivity index (χ0) is 10.7. The Labute approximate surface area is 90.9 Å². The standard InChI is InChI=1S/C9H7FN4S/c10-7-2-1-4-11-8(7)6-14-5-3-9(12-14)13-15/h1-5H,6H2. The van der Waals surface area contributed by atoms with Crippen molar-refractivity contribution in [2.45, 2.75) is 6.54 Å². The van der Waals surface area contributed by atoms with Gasteiger partial charge in [0.1, 0.15) is 5.82 Å². The number of halogens is 1. The number of hydrogen-bond acceptors (Lipinski definition) is 4. The highest BCUT2D eigenvalue weighted by Gasteiger charge is 2.04. The topological polar surface area (TPSA) is 43.1 Å². The highest BCUT2D eigenvalue weighted by molar-refractivity contribution is 7.47. The molecule has 2 aromatic rings.